The fourth-order valence-corrected chi connectivity index (χ4v) is 2.69. The molecule has 1 amide bonds. The SMILES string of the molecule is Cc1ccnc(CC2CN(C(=O)OC(C)(C)C)CCO2)c1Br. The summed E-state index contributed by atoms with van der Waals surface area (Å²) < 4.78 is 12.2. The number of carbonyl (C=O) groups excluding carboxylic acids is 1. The number of pyridine rings is 1. The maximum Gasteiger partial charge on any atom is 0.410 e. The molecular formula is C16H23BrN2O3. The summed E-state index contributed by atoms with van der Waals surface area (Å²) in [6, 6.07) is 1.96. The molecule has 1 saturated heterocycles. The summed E-state index contributed by atoms with van der Waals surface area (Å²) in [6.45, 7) is 9.26. The fourth-order valence-electron chi connectivity index (χ4n) is 2.29. The third-order valence-corrected chi connectivity index (χ3v) is 4.45. The van der Waals surface area contributed by atoms with Crippen LogP contribution in [0.25, 0.3) is 0 Å². The zero-order chi connectivity index (χ0) is 16.3. The van der Waals surface area contributed by atoms with Crippen LogP contribution in [-0.4, -0.2) is 47.4 Å². The van der Waals surface area contributed by atoms with E-state index in [1.807, 2.05) is 33.8 Å². The number of amides is 1. The van der Waals surface area contributed by atoms with Gasteiger partial charge in [-0.05, 0) is 55.3 Å². The first-order chi connectivity index (χ1) is 10.3. The van der Waals surface area contributed by atoms with Crippen molar-refractivity contribution in [3.05, 3.63) is 28.0 Å². The van der Waals surface area contributed by atoms with Crippen molar-refractivity contribution in [1.29, 1.82) is 0 Å². The van der Waals surface area contributed by atoms with Crippen LogP contribution in [0.3, 0.4) is 0 Å². The zero-order valence-corrected chi connectivity index (χ0v) is 15.1. The normalized spacial score (nSPS) is 19.1. The van der Waals surface area contributed by atoms with Crippen molar-refractivity contribution in [2.75, 3.05) is 19.7 Å². The minimum Gasteiger partial charge on any atom is -0.444 e. The van der Waals surface area contributed by atoms with Crippen LogP contribution in [0.5, 0.6) is 0 Å². The number of rotatable bonds is 2. The monoisotopic (exact) mass is 370 g/mol. The highest BCUT2D eigenvalue weighted by molar-refractivity contribution is 9.10. The largest absolute Gasteiger partial charge is 0.444 e. The first kappa shape index (κ1) is 17.2. The predicted octanol–water partition coefficient (Wildman–Crippen LogP) is 3.33. The number of aryl methyl sites for hydroxylation is 1. The number of carbonyl (C=O) groups is 1. The summed E-state index contributed by atoms with van der Waals surface area (Å²) in [7, 11) is 0. The first-order valence-electron chi connectivity index (χ1n) is 7.46. The third kappa shape index (κ3) is 4.68. The Morgan fingerprint density at radius 2 is 2.27 bits per heavy atom. The van der Waals surface area contributed by atoms with Gasteiger partial charge in [0.2, 0.25) is 0 Å². The molecule has 2 heterocycles. The average Bonchev–Trinajstić information content (AvgIpc) is 2.42. The molecule has 0 N–H and O–H groups in total. The Labute approximate surface area is 140 Å². The molecule has 0 aromatic carbocycles. The first-order valence-corrected chi connectivity index (χ1v) is 8.25. The van der Waals surface area contributed by atoms with Crippen molar-refractivity contribution in [3.63, 3.8) is 0 Å². The number of morpholine rings is 1. The van der Waals surface area contributed by atoms with E-state index in [0.717, 1.165) is 15.7 Å². The molecule has 0 aliphatic carbocycles. The van der Waals surface area contributed by atoms with Gasteiger partial charge in [-0.2, -0.15) is 0 Å². The maximum atomic E-state index is 12.2. The Morgan fingerprint density at radius 3 is 2.95 bits per heavy atom. The van der Waals surface area contributed by atoms with Gasteiger partial charge in [-0.25, -0.2) is 4.79 Å². The molecule has 0 saturated carbocycles. The van der Waals surface area contributed by atoms with Crippen molar-refractivity contribution < 1.29 is 14.3 Å². The van der Waals surface area contributed by atoms with E-state index in [2.05, 4.69) is 20.9 Å². The molecule has 22 heavy (non-hydrogen) atoms. The number of ether oxygens (including phenoxy) is 2. The molecule has 1 fully saturated rings. The lowest BCUT2D eigenvalue weighted by Gasteiger charge is -2.34. The van der Waals surface area contributed by atoms with Crippen LogP contribution in [-0.2, 0) is 15.9 Å². The number of halogens is 1. The molecule has 1 aliphatic rings. The zero-order valence-electron chi connectivity index (χ0n) is 13.6. The second-order valence-corrected chi connectivity index (χ2v) is 7.30. The smallest absolute Gasteiger partial charge is 0.410 e. The number of aromatic nitrogens is 1. The molecule has 6 heteroatoms. The standard InChI is InChI=1S/C16H23BrN2O3/c1-11-5-6-18-13(14(11)17)9-12-10-19(7-8-21-12)15(20)22-16(2,3)4/h5-6,12H,7-10H2,1-4H3. The van der Waals surface area contributed by atoms with E-state index in [9.17, 15) is 4.79 Å². The van der Waals surface area contributed by atoms with E-state index in [-0.39, 0.29) is 12.2 Å². The summed E-state index contributed by atoms with van der Waals surface area (Å²) in [5.74, 6) is 0. The van der Waals surface area contributed by atoms with Gasteiger partial charge in [-0.1, -0.05) is 0 Å². The Morgan fingerprint density at radius 1 is 1.55 bits per heavy atom. The lowest BCUT2D eigenvalue weighted by molar-refractivity contribution is -0.0418. The summed E-state index contributed by atoms with van der Waals surface area (Å²) >= 11 is 3.57. The summed E-state index contributed by atoms with van der Waals surface area (Å²) in [5, 5.41) is 0. The van der Waals surface area contributed by atoms with Crippen LogP contribution in [0.4, 0.5) is 4.79 Å². The van der Waals surface area contributed by atoms with Gasteiger partial charge >= 0.3 is 6.09 Å². The van der Waals surface area contributed by atoms with Gasteiger partial charge in [0, 0.05) is 23.6 Å². The van der Waals surface area contributed by atoms with Gasteiger partial charge in [-0.3, -0.25) is 4.98 Å². The molecule has 1 unspecified atom stereocenters. The fraction of sp³-hybridized carbons (Fsp3) is 0.625. The summed E-state index contributed by atoms with van der Waals surface area (Å²) in [5.41, 5.74) is 1.62. The average molecular weight is 371 g/mol. The molecule has 1 atom stereocenters. The molecular weight excluding hydrogens is 348 g/mol. The molecule has 0 radical (unpaired) electrons. The lowest BCUT2D eigenvalue weighted by atomic mass is 10.1. The van der Waals surface area contributed by atoms with Crippen molar-refractivity contribution in [2.45, 2.75) is 45.8 Å². The van der Waals surface area contributed by atoms with E-state index in [1.54, 1.807) is 11.1 Å². The van der Waals surface area contributed by atoms with Crippen LogP contribution in [0.1, 0.15) is 32.0 Å². The lowest BCUT2D eigenvalue weighted by Crippen LogP contribution is -2.48. The topological polar surface area (TPSA) is 51.7 Å². The molecule has 1 aromatic rings. The highest BCUT2D eigenvalue weighted by atomic mass is 79.9. The van der Waals surface area contributed by atoms with Crippen LogP contribution < -0.4 is 0 Å². The van der Waals surface area contributed by atoms with Gasteiger partial charge in [0.15, 0.2) is 0 Å². The third-order valence-electron chi connectivity index (χ3n) is 3.37. The molecule has 2 rings (SSSR count). The van der Waals surface area contributed by atoms with Crippen LogP contribution in [0, 0.1) is 6.92 Å². The number of nitrogens with zero attached hydrogens (tertiary/aromatic N) is 2. The molecule has 0 bridgehead atoms. The van der Waals surface area contributed by atoms with Crippen molar-refractivity contribution in [1.82, 2.24) is 9.88 Å². The van der Waals surface area contributed by atoms with Gasteiger partial charge in [0.1, 0.15) is 5.60 Å². The van der Waals surface area contributed by atoms with Gasteiger partial charge in [-0.15, -0.1) is 0 Å². The Kier molecular flexibility index (Phi) is 5.45. The van der Waals surface area contributed by atoms with Gasteiger partial charge < -0.3 is 14.4 Å². The predicted molar refractivity (Wildman–Crippen MR) is 87.9 cm³/mol. The molecule has 1 aromatic heterocycles. The molecule has 0 spiro atoms. The molecule has 5 nitrogen and oxygen atoms in total. The van der Waals surface area contributed by atoms with Crippen molar-refractivity contribution >= 4 is 22.0 Å². The summed E-state index contributed by atoms with van der Waals surface area (Å²) in [6.07, 6.45) is 2.12. The van der Waals surface area contributed by atoms with Gasteiger partial charge in [0.25, 0.3) is 0 Å². The van der Waals surface area contributed by atoms with E-state index in [4.69, 9.17) is 9.47 Å². The summed E-state index contributed by atoms with van der Waals surface area (Å²) in [4.78, 5) is 18.3. The van der Waals surface area contributed by atoms with E-state index in [0.29, 0.717) is 26.1 Å². The highest BCUT2D eigenvalue weighted by Crippen LogP contribution is 2.22. The second-order valence-electron chi connectivity index (χ2n) is 6.51. The van der Waals surface area contributed by atoms with Gasteiger partial charge in [0.05, 0.1) is 24.9 Å². The minimum atomic E-state index is -0.480. The Bertz CT molecular complexity index is 543. The van der Waals surface area contributed by atoms with E-state index < -0.39 is 5.60 Å². The highest BCUT2D eigenvalue weighted by Gasteiger charge is 2.28. The maximum absolute atomic E-state index is 12.2. The van der Waals surface area contributed by atoms with Crippen LogP contribution in [0.15, 0.2) is 16.7 Å². The minimum absolute atomic E-state index is 0.0631. The van der Waals surface area contributed by atoms with Crippen molar-refractivity contribution in [3.8, 4) is 0 Å². The van der Waals surface area contributed by atoms with E-state index in [1.165, 1.54) is 0 Å². The Balaban J connectivity index is 1.99. The van der Waals surface area contributed by atoms with E-state index >= 15 is 0 Å². The molecule has 122 valence electrons. The van der Waals surface area contributed by atoms with Crippen LogP contribution >= 0.6 is 15.9 Å². The van der Waals surface area contributed by atoms with Crippen molar-refractivity contribution in [2.24, 2.45) is 0 Å². The quantitative estimate of drug-likeness (QED) is 0.800. The van der Waals surface area contributed by atoms with Crippen LogP contribution in [0.2, 0.25) is 0 Å². The number of hydrogen-bond donors (Lipinski definition) is 0. The number of hydrogen-bond acceptors (Lipinski definition) is 4. The molecule has 1 aliphatic heterocycles. The second kappa shape index (κ2) is 6.96. The Hall–Kier alpha value is -1.14.